The van der Waals surface area contributed by atoms with Crippen molar-refractivity contribution in [3.8, 4) is 0 Å². The van der Waals surface area contributed by atoms with E-state index in [2.05, 4.69) is 118 Å². The van der Waals surface area contributed by atoms with Crippen molar-refractivity contribution in [1.29, 1.82) is 0 Å². The Labute approximate surface area is 278 Å². The fraction of sp³-hybridized carbons (Fsp3) is 0.611. The summed E-state index contributed by atoms with van der Waals surface area (Å²) in [4.78, 5) is 27.0. The van der Waals surface area contributed by atoms with Crippen LogP contribution < -0.4 is 10.6 Å². The third kappa shape index (κ3) is 10.6. The Hall–Kier alpha value is -1.33. The number of carbonyl (C=O) groups excluding carboxylic acids is 2. The van der Waals surface area contributed by atoms with Gasteiger partial charge in [-0.1, -0.05) is 108 Å². The topological polar surface area (TPSA) is 58.2 Å². The summed E-state index contributed by atoms with van der Waals surface area (Å²) in [6, 6.07) is 0.340. The summed E-state index contributed by atoms with van der Waals surface area (Å²) < 4.78 is 0. The summed E-state index contributed by atoms with van der Waals surface area (Å²) in [7, 11) is 9.78. The van der Waals surface area contributed by atoms with Crippen molar-refractivity contribution in [2.24, 2.45) is 21.7 Å². The van der Waals surface area contributed by atoms with Crippen molar-refractivity contribution in [3.05, 3.63) is 70.1 Å². The number of allylic oxidation sites excluding steroid dienone is 10. The van der Waals surface area contributed by atoms with Gasteiger partial charge in [-0.15, -0.1) is 0 Å². The van der Waals surface area contributed by atoms with E-state index in [-0.39, 0.29) is 45.3 Å². The number of carbonyl (C=O) groups is 2. The van der Waals surface area contributed by atoms with Gasteiger partial charge in [-0.2, -0.15) is 0 Å². The monoisotopic (exact) mass is 664 g/mol. The van der Waals surface area contributed by atoms with E-state index in [1.807, 2.05) is 12.4 Å². The number of ketones is 2. The maximum absolute atomic E-state index is 13.5. The van der Waals surface area contributed by atoms with Crippen LogP contribution in [-0.4, -0.2) is 23.7 Å². The molecule has 1 saturated carbocycles. The molecule has 2 atom stereocenters. The van der Waals surface area contributed by atoms with Gasteiger partial charge in [-0.3, -0.25) is 9.59 Å². The summed E-state index contributed by atoms with van der Waals surface area (Å²) in [5.41, 5.74) is 4.95. The first-order valence-corrected chi connectivity index (χ1v) is 19.8. The second-order valence-electron chi connectivity index (χ2n) is 16.1. The standard InChI is InChI=1S/C36H54N2O2.2ClH.Ti/c1-33(2,3)25-17-23(31(39)27(19-25)35(7,8)9)21-37-29-15-13-14-16-30(29)38-22-24-18-26(34(4,5)6)20-28(32(24)40)36(10,11)12;;;/h17-22,29-30,37-38H,13-16H2,1-12H3;2*1H;/q;;;+2/p-2/b23-21-,24-22-;;;/t29-,30-;;;/m1.../s1. The Kier molecular flexibility index (Phi) is 13.1. The molecular formula is C36H54Cl2N2O2Ti. The molecule has 0 spiro atoms. The summed E-state index contributed by atoms with van der Waals surface area (Å²) in [5.74, 6) is 0.203. The van der Waals surface area contributed by atoms with Gasteiger partial charge >= 0.3 is 35.6 Å². The Morgan fingerprint density at radius 2 is 0.907 bits per heavy atom. The van der Waals surface area contributed by atoms with Crippen molar-refractivity contribution >= 4 is 30.2 Å². The molecule has 0 heterocycles. The van der Waals surface area contributed by atoms with E-state index >= 15 is 0 Å². The zero-order chi connectivity index (χ0) is 33.0. The SMILES string of the molecule is CC(C)(C)C1=C/C(=C/N[C@@H]2CCCC[C@H]2N/C=C2/C=C(C(C)(C)C)C=C(C(C)(C)C)C2=O)C(=O)C(C(C)(C)C)=C1.[Cl][Ti][Cl]. The number of nitrogens with one attached hydrogen (secondary N) is 2. The van der Waals surface area contributed by atoms with E-state index < -0.39 is 17.0 Å². The molecule has 3 aliphatic carbocycles. The fourth-order valence-electron chi connectivity index (χ4n) is 5.42. The second-order valence-corrected chi connectivity index (χ2v) is 18.7. The molecule has 1 fully saturated rings. The van der Waals surface area contributed by atoms with E-state index in [1.54, 1.807) is 0 Å². The van der Waals surface area contributed by atoms with Crippen LogP contribution in [0.2, 0.25) is 0 Å². The molecule has 4 nitrogen and oxygen atoms in total. The minimum absolute atomic E-state index is 0.0519. The predicted octanol–water partition coefficient (Wildman–Crippen LogP) is 9.68. The minimum atomic E-state index is -0.556. The molecule has 0 amide bonds. The molecule has 0 aromatic carbocycles. The first-order valence-electron chi connectivity index (χ1n) is 15.5. The van der Waals surface area contributed by atoms with Crippen LogP contribution in [-0.2, 0) is 26.6 Å². The van der Waals surface area contributed by atoms with E-state index in [0.29, 0.717) is 0 Å². The zero-order valence-electron chi connectivity index (χ0n) is 28.5. The first kappa shape index (κ1) is 37.9. The summed E-state index contributed by atoms with van der Waals surface area (Å²) in [5, 5.41) is 7.25. The van der Waals surface area contributed by atoms with Crippen molar-refractivity contribution in [2.75, 3.05) is 0 Å². The number of rotatable bonds is 4. The van der Waals surface area contributed by atoms with Gasteiger partial charge in [0.05, 0.1) is 0 Å². The molecule has 0 aromatic heterocycles. The molecule has 0 radical (unpaired) electrons. The Morgan fingerprint density at radius 1 is 0.605 bits per heavy atom. The van der Waals surface area contributed by atoms with Gasteiger partial charge in [-0.25, -0.2) is 0 Å². The quantitative estimate of drug-likeness (QED) is 0.232. The van der Waals surface area contributed by atoms with Crippen LogP contribution in [0.15, 0.2) is 70.1 Å². The van der Waals surface area contributed by atoms with Crippen molar-refractivity contribution in [3.63, 3.8) is 0 Å². The average Bonchev–Trinajstić information content (AvgIpc) is 2.85. The van der Waals surface area contributed by atoms with Crippen molar-refractivity contribution in [2.45, 2.75) is 121 Å². The van der Waals surface area contributed by atoms with Gasteiger partial charge in [0.25, 0.3) is 0 Å². The molecule has 0 bridgehead atoms. The van der Waals surface area contributed by atoms with Gasteiger partial charge < -0.3 is 10.6 Å². The number of hydrogen-bond donors (Lipinski definition) is 2. The molecule has 0 unspecified atom stereocenters. The Bertz CT molecular complexity index is 1140. The van der Waals surface area contributed by atoms with E-state index in [0.717, 1.165) is 48.0 Å². The summed E-state index contributed by atoms with van der Waals surface area (Å²) in [6.45, 7) is 25.8. The Balaban J connectivity index is 0.00000206. The molecule has 238 valence electrons. The first-order chi connectivity index (χ1) is 19.6. The van der Waals surface area contributed by atoms with Crippen LogP contribution in [0.3, 0.4) is 0 Å². The zero-order valence-corrected chi connectivity index (χ0v) is 31.6. The molecular weight excluding hydrogens is 611 g/mol. The molecule has 7 heteroatoms. The van der Waals surface area contributed by atoms with E-state index in [4.69, 9.17) is 18.6 Å². The van der Waals surface area contributed by atoms with Gasteiger partial charge in [-0.05, 0) is 57.8 Å². The third-order valence-corrected chi connectivity index (χ3v) is 8.26. The normalized spacial score (nSPS) is 24.0. The van der Waals surface area contributed by atoms with Crippen LogP contribution in [0.1, 0.15) is 109 Å². The van der Waals surface area contributed by atoms with Gasteiger partial charge in [0.1, 0.15) is 0 Å². The van der Waals surface area contributed by atoms with E-state index in [9.17, 15) is 9.59 Å². The molecule has 0 aromatic rings. The van der Waals surface area contributed by atoms with Crippen LogP contribution in [0.25, 0.3) is 0 Å². The van der Waals surface area contributed by atoms with E-state index in [1.165, 1.54) is 11.1 Å². The second kappa shape index (κ2) is 14.8. The number of hydrogen-bond acceptors (Lipinski definition) is 4. The molecule has 43 heavy (non-hydrogen) atoms. The van der Waals surface area contributed by atoms with Crippen LogP contribution in [0.4, 0.5) is 0 Å². The third-order valence-electron chi connectivity index (χ3n) is 8.26. The fourth-order valence-corrected chi connectivity index (χ4v) is 5.42. The van der Waals surface area contributed by atoms with Crippen molar-refractivity contribution in [1.82, 2.24) is 10.6 Å². The molecule has 0 saturated heterocycles. The number of Topliss-reactive ketones (excluding diaryl/α,β-unsaturated/α-hetero) is 2. The summed E-state index contributed by atoms with van der Waals surface area (Å²) in [6.07, 6.45) is 16.5. The number of halogens is 2. The molecule has 0 aliphatic heterocycles. The van der Waals surface area contributed by atoms with Crippen LogP contribution >= 0.6 is 18.6 Å². The van der Waals surface area contributed by atoms with Crippen LogP contribution in [0, 0.1) is 21.7 Å². The van der Waals surface area contributed by atoms with Gasteiger partial charge in [0.15, 0.2) is 11.6 Å². The molecule has 2 N–H and O–H groups in total. The summed E-state index contributed by atoms with van der Waals surface area (Å²) >= 11 is -0.556. The van der Waals surface area contributed by atoms with Crippen molar-refractivity contribution < 1.29 is 26.6 Å². The average molecular weight is 666 g/mol. The van der Waals surface area contributed by atoms with Gasteiger partial charge in [0, 0.05) is 46.8 Å². The molecule has 3 rings (SSSR count). The molecule has 3 aliphatic rings. The van der Waals surface area contributed by atoms with Gasteiger partial charge in [0.2, 0.25) is 0 Å². The van der Waals surface area contributed by atoms with Crippen LogP contribution in [0.5, 0.6) is 0 Å². The Morgan fingerprint density at radius 3 is 1.16 bits per heavy atom. The predicted molar refractivity (Wildman–Crippen MR) is 180 cm³/mol. The maximum atomic E-state index is 13.5.